The van der Waals surface area contributed by atoms with Crippen LogP contribution in [0, 0.1) is 0 Å². The zero-order valence-corrected chi connectivity index (χ0v) is 12.2. The number of carbonyl (C=O) groups is 1. The summed E-state index contributed by atoms with van der Waals surface area (Å²) in [5.74, 6) is 1.53. The lowest BCUT2D eigenvalue weighted by Crippen LogP contribution is -2.49. The molecule has 0 saturated carbocycles. The monoisotopic (exact) mass is 261 g/mol. The Morgan fingerprint density at radius 1 is 1.24 bits per heavy atom. The van der Waals surface area contributed by atoms with Gasteiger partial charge in [-0.3, -0.25) is 4.79 Å². The van der Waals surface area contributed by atoms with Gasteiger partial charge in [-0.15, -0.1) is 0 Å². The third-order valence-corrected chi connectivity index (χ3v) is 4.05. The molecule has 17 heavy (non-hydrogen) atoms. The van der Waals surface area contributed by atoms with Gasteiger partial charge in [0.15, 0.2) is 0 Å². The van der Waals surface area contributed by atoms with Crippen molar-refractivity contribution < 1.29 is 9.90 Å². The summed E-state index contributed by atoms with van der Waals surface area (Å²) in [7, 11) is 0. The van der Waals surface area contributed by atoms with E-state index in [0.29, 0.717) is 13.0 Å². The average molecular weight is 261 g/mol. The summed E-state index contributed by atoms with van der Waals surface area (Å²) >= 11 is 1.94. The number of thioether (sulfide) groups is 1. The molecule has 1 unspecified atom stereocenters. The van der Waals surface area contributed by atoms with Gasteiger partial charge in [0, 0.05) is 0 Å². The molecule has 4 heteroatoms. The van der Waals surface area contributed by atoms with Crippen molar-refractivity contribution in [1.82, 2.24) is 5.32 Å². The molecule has 0 rings (SSSR count). The molecule has 1 atom stereocenters. The third-order valence-electron chi connectivity index (χ3n) is 2.90. The predicted molar refractivity (Wildman–Crippen MR) is 75.8 cm³/mol. The minimum absolute atomic E-state index is 0.701. The van der Waals surface area contributed by atoms with Crippen LogP contribution in [0.2, 0.25) is 0 Å². The van der Waals surface area contributed by atoms with Crippen molar-refractivity contribution >= 4 is 17.7 Å². The molecule has 0 aliphatic carbocycles. The lowest BCUT2D eigenvalue weighted by atomic mass is 9.96. The Kier molecular flexibility index (Phi) is 9.65. The van der Waals surface area contributed by atoms with E-state index in [9.17, 15) is 4.79 Å². The molecule has 0 aliphatic rings. The highest BCUT2D eigenvalue weighted by Crippen LogP contribution is 2.16. The molecule has 102 valence electrons. The Labute approximate surface area is 110 Å². The molecule has 0 radical (unpaired) electrons. The molecule has 0 spiro atoms. The van der Waals surface area contributed by atoms with Crippen molar-refractivity contribution in [2.24, 2.45) is 0 Å². The summed E-state index contributed by atoms with van der Waals surface area (Å²) < 4.78 is 0. The van der Waals surface area contributed by atoms with Gasteiger partial charge < -0.3 is 10.4 Å². The first-order valence-electron chi connectivity index (χ1n) is 6.63. The molecule has 0 fully saturated rings. The number of rotatable bonds is 11. The fraction of sp³-hybridized carbons (Fsp3) is 0.923. The van der Waals surface area contributed by atoms with Crippen molar-refractivity contribution in [3.8, 4) is 0 Å². The Balaban J connectivity index is 3.65. The fourth-order valence-electron chi connectivity index (χ4n) is 1.75. The molecule has 0 aromatic rings. The quantitative estimate of drug-likeness (QED) is 0.561. The van der Waals surface area contributed by atoms with Gasteiger partial charge in [-0.05, 0) is 44.2 Å². The van der Waals surface area contributed by atoms with Crippen LogP contribution < -0.4 is 5.32 Å². The predicted octanol–water partition coefficient (Wildman–Crippen LogP) is 3.14. The SMILES string of the molecule is CCCCCSCCCC(C)(NCC)C(=O)O. The summed E-state index contributed by atoms with van der Waals surface area (Å²) in [6.07, 6.45) is 5.52. The van der Waals surface area contributed by atoms with E-state index in [1.165, 1.54) is 25.0 Å². The number of hydrogen-bond acceptors (Lipinski definition) is 3. The van der Waals surface area contributed by atoms with Crippen LogP contribution in [-0.2, 0) is 4.79 Å². The average Bonchev–Trinajstić information content (AvgIpc) is 2.28. The van der Waals surface area contributed by atoms with Crippen molar-refractivity contribution in [3.63, 3.8) is 0 Å². The molecule has 2 N–H and O–H groups in total. The van der Waals surface area contributed by atoms with Crippen LogP contribution >= 0.6 is 11.8 Å². The number of nitrogens with one attached hydrogen (secondary N) is 1. The van der Waals surface area contributed by atoms with Gasteiger partial charge in [0.1, 0.15) is 5.54 Å². The highest BCUT2D eigenvalue weighted by Gasteiger charge is 2.30. The summed E-state index contributed by atoms with van der Waals surface area (Å²) in [5.41, 5.74) is -0.751. The smallest absolute Gasteiger partial charge is 0.323 e. The van der Waals surface area contributed by atoms with Crippen molar-refractivity contribution in [2.45, 2.75) is 58.4 Å². The molecule has 3 nitrogen and oxygen atoms in total. The van der Waals surface area contributed by atoms with Crippen LogP contribution in [0.5, 0.6) is 0 Å². The summed E-state index contributed by atoms with van der Waals surface area (Å²) in [4.78, 5) is 11.1. The number of carboxylic acids is 1. The van der Waals surface area contributed by atoms with E-state index in [0.717, 1.165) is 12.2 Å². The number of hydrogen-bond donors (Lipinski definition) is 2. The summed E-state index contributed by atoms with van der Waals surface area (Å²) in [6.45, 7) is 6.63. The maximum atomic E-state index is 11.1. The summed E-state index contributed by atoms with van der Waals surface area (Å²) in [6, 6.07) is 0. The second kappa shape index (κ2) is 9.77. The minimum Gasteiger partial charge on any atom is -0.480 e. The highest BCUT2D eigenvalue weighted by atomic mass is 32.2. The standard InChI is InChI=1S/C13H27NO2S/c1-4-6-7-10-17-11-8-9-13(3,12(15)16)14-5-2/h14H,4-11H2,1-3H3,(H,15,16). The van der Waals surface area contributed by atoms with E-state index in [1.807, 2.05) is 18.7 Å². The Morgan fingerprint density at radius 2 is 1.88 bits per heavy atom. The van der Waals surface area contributed by atoms with Crippen LogP contribution in [-0.4, -0.2) is 34.7 Å². The van der Waals surface area contributed by atoms with Crippen molar-refractivity contribution in [3.05, 3.63) is 0 Å². The maximum absolute atomic E-state index is 11.1. The molecule has 0 bridgehead atoms. The van der Waals surface area contributed by atoms with Crippen LogP contribution in [0.15, 0.2) is 0 Å². The van der Waals surface area contributed by atoms with E-state index >= 15 is 0 Å². The number of aliphatic carboxylic acids is 1. The molecular formula is C13H27NO2S. The lowest BCUT2D eigenvalue weighted by molar-refractivity contribution is -0.144. The minimum atomic E-state index is -0.751. The van der Waals surface area contributed by atoms with Gasteiger partial charge in [-0.1, -0.05) is 26.7 Å². The van der Waals surface area contributed by atoms with E-state index < -0.39 is 11.5 Å². The Bertz CT molecular complexity index is 212. The molecule has 0 aromatic carbocycles. The second-order valence-corrected chi connectivity index (χ2v) is 5.82. The molecule has 0 aromatic heterocycles. The topological polar surface area (TPSA) is 49.3 Å². The zero-order valence-electron chi connectivity index (χ0n) is 11.4. The zero-order chi connectivity index (χ0) is 13.1. The van der Waals surface area contributed by atoms with E-state index in [-0.39, 0.29) is 0 Å². The molecule has 0 saturated heterocycles. The van der Waals surface area contributed by atoms with E-state index in [2.05, 4.69) is 12.2 Å². The second-order valence-electron chi connectivity index (χ2n) is 4.59. The molecule has 0 amide bonds. The van der Waals surface area contributed by atoms with E-state index in [4.69, 9.17) is 5.11 Å². The fourth-order valence-corrected chi connectivity index (χ4v) is 2.71. The van der Waals surface area contributed by atoms with Gasteiger partial charge in [0.25, 0.3) is 0 Å². The Morgan fingerprint density at radius 3 is 2.41 bits per heavy atom. The summed E-state index contributed by atoms with van der Waals surface area (Å²) in [5, 5.41) is 12.2. The highest BCUT2D eigenvalue weighted by molar-refractivity contribution is 7.99. The number of likely N-dealkylation sites (N-methyl/N-ethyl adjacent to an activating group) is 1. The number of unbranched alkanes of at least 4 members (excludes halogenated alkanes) is 2. The first-order valence-corrected chi connectivity index (χ1v) is 7.78. The first-order chi connectivity index (χ1) is 8.06. The molecule has 0 heterocycles. The van der Waals surface area contributed by atoms with Gasteiger partial charge >= 0.3 is 5.97 Å². The number of carboxylic acid groups (broad SMARTS) is 1. The van der Waals surface area contributed by atoms with Gasteiger partial charge in [-0.2, -0.15) is 11.8 Å². The van der Waals surface area contributed by atoms with Gasteiger partial charge in [0.05, 0.1) is 0 Å². The van der Waals surface area contributed by atoms with Gasteiger partial charge in [-0.25, -0.2) is 0 Å². The van der Waals surface area contributed by atoms with Crippen LogP contribution in [0.4, 0.5) is 0 Å². The first kappa shape index (κ1) is 16.8. The normalized spacial score (nSPS) is 14.5. The maximum Gasteiger partial charge on any atom is 0.323 e. The van der Waals surface area contributed by atoms with Crippen LogP contribution in [0.1, 0.15) is 52.9 Å². The van der Waals surface area contributed by atoms with Crippen LogP contribution in [0.3, 0.4) is 0 Å². The molecule has 0 aliphatic heterocycles. The van der Waals surface area contributed by atoms with E-state index in [1.54, 1.807) is 6.92 Å². The van der Waals surface area contributed by atoms with Crippen molar-refractivity contribution in [1.29, 1.82) is 0 Å². The third kappa shape index (κ3) is 7.66. The largest absolute Gasteiger partial charge is 0.480 e. The molecular weight excluding hydrogens is 234 g/mol. The Hall–Kier alpha value is -0.220. The van der Waals surface area contributed by atoms with Crippen molar-refractivity contribution in [2.75, 3.05) is 18.1 Å². The van der Waals surface area contributed by atoms with Crippen LogP contribution in [0.25, 0.3) is 0 Å². The lowest BCUT2D eigenvalue weighted by Gasteiger charge is -2.25. The van der Waals surface area contributed by atoms with Gasteiger partial charge in [0.2, 0.25) is 0 Å².